The van der Waals surface area contributed by atoms with Gasteiger partial charge in [-0.3, -0.25) is 30.3 Å². The molecule has 0 spiro atoms. The highest BCUT2D eigenvalue weighted by molar-refractivity contribution is 5.88. The summed E-state index contributed by atoms with van der Waals surface area (Å²) in [5, 5.41) is 24.2. The van der Waals surface area contributed by atoms with Gasteiger partial charge in [0.05, 0.1) is 22.8 Å². The Bertz CT molecular complexity index is 1420. The van der Waals surface area contributed by atoms with E-state index in [0.717, 1.165) is 11.1 Å². The molecule has 0 atom stereocenters. The van der Waals surface area contributed by atoms with Crippen molar-refractivity contribution in [3.8, 4) is 5.88 Å². The van der Waals surface area contributed by atoms with E-state index in [1.54, 1.807) is 35.2 Å². The van der Waals surface area contributed by atoms with E-state index in [-0.39, 0.29) is 35.7 Å². The predicted octanol–water partition coefficient (Wildman–Crippen LogP) is 3.47. The van der Waals surface area contributed by atoms with Gasteiger partial charge in [0.2, 0.25) is 17.7 Å². The number of anilines is 1. The molecule has 0 aliphatic rings. The zero-order valence-corrected chi connectivity index (χ0v) is 19.2. The molecule has 2 heterocycles. The number of amides is 1. The van der Waals surface area contributed by atoms with Crippen LogP contribution in [0, 0.1) is 20.2 Å². The number of nitro benzene ring substituents is 2. The van der Waals surface area contributed by atoms with Gasteiger partial charge in [-0.25, -0.2) is 4.98 Å². The number of hydrogen-bond donors (Lipinski definition) is 1. The van der Waals surface area contributed by atoms with Crippen molar-refractivity contribution >= 4 is 34.4 Å². The monoisotopic (exact) mass is 491 g/mol. The minimum atomic E-state index is -0.459. The number of aryl methyl sites for hydroxylation is 2. The molecule has 0 fully saturated rings. The first-order chi connectivity index (χ1) is 17.3. The first-order valence-corrected chi connectivity index (χ1v) is 10.9. The molecule has 0 saturated carbocycles. The number of rotatable bonds is 10. The molecule has 184 valence electrons. The van der Waals surface area contributed by atoms with Crippen LogP contribution >= 0.6 is 0 Å². The molecule has 2 aromatic carbocycles. The minimum absolute atomic E-state index is 0.0105. The second kappa shape index (κ2) is 10.5. The lowest BCUT2D eigenvalue weighted by atomic mass is 10.1. The van der Waals surface area contributed by atoms with Gasteiger partial charge in [0.15, 0.2) is 11.2 Å². The van der Waals surface area contributed by atoms with Crippen LogP contribution in [-0.2, 0) is 24.2 Å². The van der Waals surface area contributed by atoms with Gasteiger partial charge in [-0.15, -0.1) is 0 Å². The summed E-state index contributed by atoms with van der Waals surface area (Å²) in [6.07, 6.45) is 2.63. The second-order valence-electron chi connectivity index (χ2n) is 7.84. The fourth-order valence-corrected chi connectivity index (χ4v) is 3.48. The summed E-state index contributed by atoms with van der Waals surface area (Å²) in [4.78, 5) is 45.4. The molecule has 13 nitrogen and oxygen atoms in total. The molecule has 36 heavy (non-hydrogen) atoms. The average molecular weight is 491 g/mol. The second-order valence-corrected chi connectivity index (χ2v) is 7.84. The molecule has 2 aromatic heterocycles. The third-order valence-corrected chi connectivity index (χ3v) is 5.28. The van der Waals surface area contributed by atoms with E-state index in [9.17, 15) is 25.0 Å². The van der Waals surface area contributed by atoms with Crippen molar-refractivity contribution in [2.24, 2.45) is 0 Å². The van der Waals surface area contributed by atoms with Crippen molar-refractivity contribution in [1.82, 2.24) is 19.5 Å². The molecule has 0 bridgehead atoms. The summed E-state index contributed by atoms with van der Waals surface area (Å²) in [6.45, 7) is 2.04. The molecular weight excluding hydrogens is 470 g/mol. The normalized spacial score (nSPS) is 10.8. The highest BCUT2D eigenvalue weighted by Gasteiger charge is 2.16. The van der Waals surface area contributed by atoms with Crippen molar-refractivity contribution in [2.75, 3.05) is 11.9 Å². The highest BCUT2D eigenvalue weighted by Crippen LogP contribution is 2.24. The number of nitro groups is 2. The Labute approximate surface area is 204 Å². The summed E-state index contributed by atoms with van der Waals surface area (Å²) < 4.78 is 7.64. The Balaban J connectivity index is 1.51. The Kier molecular flexibility index (Phi) is 7.09. The largest absolute Gasteiger partial charge is 0.476 e. The van der Waals surface area contributed by atoms with Crippen molar-refractivity contribution in [1.29, 1.82) is 0 Å². The van der Waals surface area contributed by atoms with Crippen LogP contribution in [0.4, 0.5) is 17.3 Å². The molecule has 0 saturated heterocycles. The maximum Gasteiger partial charge on any atom is 0.269 e. The lowest BCUT2D eigenvalue weighted by Crippen LogP contribution is -2.12. The maximum atomic E-state index is 11.6. The van der Waals surface area contributed by atoms with E-state index in [1.165, 1.54) is 31.2 Å². The standard InChI is InChI=1S/C23H21N7O6/c1-15(31)25-23-26-21-20(22(27-23)36-13-11-17-4-8-19(9-5-17)30(34)35)24-14-28(21)12-10-16-2-6-18(7-3-16)29(32)33/h2-9,14H,10-13H2,1H3,(H,25,26,27,31). The number of non-ortho nitro benzene ring substituents is 2. The van der Waals surface area contributed by atoms with E-state index < -0.39 is 9.85 Å². The SMILES string of the molecule is CC(=O)Nc1nc(OCCc2ccc([N+](=O)[O-])cc2)c2ncn(CCc3ccc([N+](=O)[O-])cc3)c2n1. The van der Waals surface area contributed by atoms with Crippen LogP contribution in [0.25, 0.3) is 11.2 Å². The Morgan fingerprint density at radius 1 is 0.944 bits per heavy atom. The molecule has 1 amide bonds. The first kappa shape index (κ1) is 24.2. The Morgan fingerprint density at radius 2 is 1.53 bits per heavy atom. The first-order valence-electron chi connectivity index (χ1n) is 10.9. The van der Waals surface area contributed by atoms with Crippen LogP contribution in [-0.4, -0.2) is 41.9 Å². The van der Waals surface area contributed by atoms with Gasteiger partial charge in [-0.1, -0.05) is 24.3 Å². The van der Waals surface area contributed by atoms with E-state index >= 15 is 0 Å². The van der Waals surface area contributed by atoms with Gasteiger partial charge < -0.3 is 9.30 Å². The molecule has 4 rings (SSSR count). The molecule has 0 aliphatic carbocycles. The summed E-state index contributed by atoms with van der Waals surface area (Å²) in [7, 11) is 0. The topological polar surface area (TPSA) is 168 Å². The van der Waals surface area contributed by atoms with E-state index in [2.05, 4.69) is 20.3 Å². The number of aromatic nitrogens is 4. The van der Waals surface area contributed by atoms with Crippen molar-refractivity contribution in [3.05, 3.63) is 86.2 Å². The molecule has 4 aromatic rings. The van der Waals surface area contributed by atoms with Gasteiger partial charge in [0.1, 0.15) is 0 Å². The smallest absolute Gasteiger partial charge is 0.269 e. The van der Waals surface area contributed by atoms with Crippen LogP contribution in [0.15, 0.2) is 54.9 Å². The third kappa shape index (κ3) is 5.75. The summed E-state index contributed by atoms with van der Waals surface area (Å²) in [5.74, 6) is -0.0831. The number of nitrogens with one attached hydrogen (secondary N) is 1. The van der Waals surface area contributed by atoms with Crippen LogP contribution < -0.4 is 10.1 Å². The summed E-state index contributed by atoms with van der Waals surface area (Å²) in [5.41, 5.74) is 2.66. The Morgan fingerprint density at radius 3 is 2.08 bits per heavy atom. The minimum Gasteiger partial charge on any atom is -0.476 e. The Hall–Kier alpha value is -4.94. The molecule has 13 heteroatoms. The van der Waals surface area contributed by atoms with Gasteiger partial charge in [0.25, 0.3) is 11.4 Å². The lowest BCUT2D eigenvalue weighted by molar-refractivity contribution is -0.385. The zero-order valence-electron chi connectivity index (χ0n) is 19.2. The number of hydrogen-bond acceptors (Lipinski definition) is 9. The average Bonchev–Trinajstić information content (AvgIpc) is 3.26. The predicted molar refractivity (Wildman–Crippen MR) is 129 cm³/mol. The number of fused-ring (bicyclic) bond motifs is 1. The van der Waals surface area contributed by atoms with Crippen molar-refractivity contribution in [3.63, 3.8) is 0 Å². The van der Waals surface area contributed by atoms with Crippen molar-refractivity contribution < 1.29 is 19.4 Å². The van der Waals surface area contributed by atoms with Gasteiger partial charge >= 0.3 is 0 Å². The summed E-state index contributed by atoms with van der Waals surface area (Å²) in [6, 6.07) is 12.5. The van der Waals surface area contributed by atoms with E-state index in [0.29, 0.717) is 30.6 Å². The molecule has 1 N–H and O–H groups in total. The third-order valence-electron chi connectivity index (χ3n) is 5.28. The van der Waals surface area contributed by atoms with Crippen LogP contribution in [0.3, 0.4) is 0 Å². The number of carbonyl (C=O) groups excluding carboxylic acids is 1. The number of ether oxygens (including phenoxy) is 1. The molecular formula is C23H21N7O6. The number of carbonyl (C=O) groups is 1. The lowest BCUT2D eigenvalue weighted by Gasteiger charge is -2.09. The number of nitrogens with zero attached hydrogens (tertiary/aromatic N) is 6. The molecule has 0 unspecified atom stereocenters. The van der Waals surface area contributed by atoms with Crippen LogP contribution in [0.2, 0.25) is 0 Å². The van der Waals surface area contributed by atoms with Gasteiger partial charge in [-0.2, -0.15) is 9.97 Å². The number of benzene rings is 2. The summed E-state index contributed by atoms with van der Waals surface area (Å²) >= 11 is 0. The van der Waals surface area contributed by atoms with Crippen LogP contribution in [0.5, 0.6) is 5.88 Å². The van der Waals surface area contributed by atoms with Crippen LogP contribution in [0.1, 0.15) is 18.1 Å². The van der Waals surface area contributed by atoms with E-state index in [1.807, 2.05) is 0 Å². The van der Waals surface area contributed by atoms with Crippen molar-refractivity contribution in [2.45, 2.75) is 26.3 Å². The zero-order chi connectivity index (χ0) is 25.7. The fraction of sp³-hybridized carbons (Fsp3) is 0.217. The van der Waals surface area contributed by atoms with Gasteiger partial charge in [-0.05, 0) is 17.5 Å². The highest BCUT2D eigenvalue weighted by atomic mass is 16.6. The van der Waals surface area contributed by atoms with E-state index in [4.69, 9.17) is 4.74 Å². The van der Waals surface area contributed by atoms with Gasteiger partial charge in [0, 0.05) is 44.2 Å². The number of imidazole rings is 1. The molecule has 0 radical (unpaired) electrons. The quantitative estimate of drug-likeness (QED) is 0.258. The maximum absolute atomic E-state index is 11.6. The molecule has 0 aliphatic heterocycles. The fourth-order valence-electron chi connectivity index (χ4n) is 3.48.